The van der Waals surface area contributed by atoms with Crippen molar-refractivity contribution in [1.29, 1.82) is 0 Å². The summed E-state index contributed by atoms with van der Waals surface area (Å²) in [6.45, 7) is 1.98. The average Bonchev–Trinajstić information content (AvgIpc) is 2.52. The molecule has 0 atom stereocenters. The molecule has 0 bridgehead atoms. The molecule has 0 fully saturated rings. The van der Waals surface area contributed by atoms with Gasteiger partial charge in [-0.1, -0.05) is 23.8 Å². The minimum atomic E-state index is -0.553. The zero-order valence-corrected chi connectivity index (χ0v) is 8.61. The summed E-state index contributed by atoms with van der Waals surface area (Å²) >= 11 is 0. The van der Waals surface area contributed by atoms with Crippen LogP contribution in [0.5, 0.6) is 0 Å². The van der Waals surface area contributed by atoms with Crippen LogP contribution in [0.25, 0.3) is 10.8 Å². The van der Waals surface area contributed by atoms with Gasteiger partial charge in [-0.2, -0.15) is 0 Å². The summed E-state index contributed by atoms with van der Waals surface area (Å²) in [4.78, 5) is 22.7. The van der Waals surface area contributed by atoms with Crippen LogP contribution in [0.4, 0.5) is 0 Å². The third kappa shape index (κ3) is 1.15. The van der Waals surface area contributed by atoms with E-state index in [9.17, 15) is 9.59 Å². The number of ether oxygens (including phenoxy) is 1. The molecule has 1 aliphatic rings. The molecule has 0 aliphatic carbocycles. The monoisotopic (exact) mass is 212 g/mol. The SMILES string of the molecule is Cc1ccc2cc3c(cc2c1)C(=O)OC3=O. The molecule has 78 valence electrons. The van der Waals surface area contributed by atoms with E-state index in [1.54, 1.807) is 12.1 Å². The molecule has 16 heavy (non-hydrogen) atoms. The Bertz CT molecular complexity index is 641. The van der Waals surface area contributed by atoms with Gasteiger partial charge in [0.2, 0.25) is 0 Å². The fraction of sp³-hybridized carbons (Fsp3) is 0.0769. The van der Waals surface area contributed by atoms with E-state index in [0.717, 1.165) is 16.3 Å². The van der Waals surface area contributed by atoms with Gasteiger partial charge in [0.25, 0.3) is 0 Å². The number of benzene rings is 2. The lowest BCUT2D eigenvalue weighted by molar-refractivity contribution is 0.0444. The van der Waals surface area contributed by atoms with Gasteiger partial charge in [-0.25, -0.2) is 9.59 Å². The van der Waals surface area contributed by atoms with Crippen LogP contribution in [0.1, 0.15) is 26.3 Å². The third-order valence-electron chi connectivity index (χ3n) is 2.76. The molecule has 3 rings (SSSR count). The lowest BCUT2D eigenvalue weighted by atomic mass is 10.0. The fourth-order valence-corrected chi connectivity index (χ4v) is 1.95. The number of hydrogen-bond acceptors (Lipinski definition) is 3. The Hall–Kier alpha value is -2.16. The first-order chi connectivity index (χ1) is 7.65. The number of rotatable bonds is 0. The molecule has 3 heteroatoms. The van der Waals surface area contributed by atoms with Gasteiger partial charge < -0.3 is 4.74 Å². The minimum absolute atomic E-state index is 0.362. The maximum Gasteiger partial charge on any atom is 0.346 e. The highest BCUT2D eigenvalue weighted by Gasteiger charge is 2.29. The van der Waals surface area contributed by atoms with Crippen LogP contribution < -0.4 is 0 Å². The van der Waals surface area contributed by atoms with Crippen molar-refractivity contribution in [2.45, 2.75) is 6.92 Å². The zero-order valence-electron chi connectivity index (χ0n) is 8.61. The van der Waals surface area contributed by atoms with Crippen LogP contribution in [0, 0.1) is 6.92 Å². The minimum Gasteiger partial charge on any atom is -0.386 e. The van der Waals surface area contributed by atoms with Crippen LogP contribution in [0.15, 0.2) is 30.3 Å². The van der Waals surface area contributed by atoms with Crippen LogP contribution in [0.2, 0.25) is 0 Å². The van der Waals surface area contributed by atoms with E-state index in [1.165, 1.54) is 0 Å². The molecule has 0 radical (unpaired) electrons. The lowest BCUT2D eigenvalue weighted by Gasteiger charge is -2.00. The Balaban J connectivity index is 2.38. The normalized spacial score (nSPS) is 14.1. The first kappa shape index (κ1) is 9.09. The number of esters is 2. The Kier molecular flexibility index (Phi) is 1.66. The largest absolute Gasteiger partial charge is 0.386 e. The van der Waals surface area contributed by atoms with Crippen LogP contribution in [0.3, 0.4) is 0 Å². The van der Waals surface area contributed by atoms with E-state index in [4.69, 9.17) is 0 Å². The van der Waals surface area contributed by atoms with Gasteiger partial charge >= 0.3 is 11.9 Å². The quantitative estimate of drug-likeness (QED) is 0.497. The maximum atomic E-state index is 11.4. The van der Waals surface area contributed by atoms with Crippen molar-refractivity contribution >= 4 is 22.7 Å². The number of fused-ring (bicyclic) bond motifs is 2. The predicted octanol–water partition coefficient (Wildman–Crippen LogP) is 2.46. The maximum absolute atomic E-state index is 11.4. The second-order valence-electron chi connectivity index (χ2n) is 3.93. The summed E-state index contributed by atoms with van der Waals surface area (Å²) in [6, 6.07) is 9.30. The van der Waals surface area contributed by atoms with Gasteiger partial charge in [-0.05, 0) is 29.8 Å². The Morgan fingerprint density at radius 1 is 0.875 bits per heavy atom. The summed E-state index contributed by atoms with van der Waals surface area (Å²) in [5, 5.41) is 1.89. The average molecular weight is 212 g/mol. The molecule has 0 unspecified atom stereocenters. The van der Waals surface area contributed by atoms with Gasteiger partial charge in [-0.3, -0.25) is 0 Å². The fourth-order valence-electron chi connectivity index (χ4n) is 1.95. The van der Waals surface area contributed by atoms with Gasteiger partial charge in [0.15, 0.2) is 0 Å². The van der Waals surface area contributed by atoms with Crippen molar-refractivity contribution in [2.75, 3.05) is 0 Å². The Morgan fingerprint density at radius 2 is 1.50 bits per heavy atom. The van der Waals surface area contributed by atoms with Crippen molar-refractivity contribution in [3.63, 3.8) is 0 Å². The van der Waals surface area contributed by atoms with Crippen LogP contribution >= 0.6 is 0 Å². The standard InChI is InChI=1S/C13H8O3/c1-7-2-3-8-5-10-11(6-9(8)4-7)13(15)16-12(10)14/h2-6H,1H3. The number of hydrogen-bond donors (Lipinski definition) is 0. The van der Waals surface area contributed by atoms with Gasteiger partial charge in [0.1, 0.15) is 0 Å². The van der Waals surface area contributed by atoms with Gasteiger partial charge in [-0.15, -0.1) is 0 Å². The molecule has 0 aromatic heterocycles. The van der Waals surface area contributed by atoms with E-state index in [-0.39, 0.29) is 0 Å². The molecule has 0 saturated heterocycles. The highest BCUT2D eigenvalue weighted by Crippen LogP contribution is 2.26. The van der Waals surface area contributed by atoms with Crippen molar-refractivity contribution in [1.82, 2.24) is 0 Å². The predicted molar refractivity (Wildman–Crippen MR) is 58.4 cm³/mol. The first-order valence-corrected chi connectivity index (χ1v) is 4.96. The van der Waals surface area contributed by atoms with Crippen molar-refractivity contribution < 1.29 is 14.3 Å². The molecule has 3 nitrogen and oxygen atoms in total. The summed E-state index contributed by atoms with van der Waals surface area (Å²) in [5.41, 5.74) is 1.84. The van der Waals surface area contributed by atoms with Gasteiger partial charge in [0.05, 0.1) is 11.1 Å². The number of carbonyl (C=O) groups is 2. The third-order valence-corrected chi connectivity index (χ3v) is 2.76. The molecule has 0 N–H and O–H groups in total. The first-order valence-electron chi connectivity index (χ1n) is 4.96. The molecule has 1 heterocycles. The molecule has 2 aromatic rings. The van der Waals surface area contributed by atoms with E-state index >= 15 is 0 Å². The van der Waals surface area contributed by atoms with Gasteiger partial charge in [0, 0.05) is 0 Å². The highest BCUT2D eigenvalue weighted by atomic mass is 16.6. The summed E-state index contributed by atoms with van der Waals surface area (Å²) in [5.74, 6) is -1.11. The molecular weight excluding hydrogens is 204 g/mol. The van der Waals surface area contributed by atoms with Crippen molar-refractivity contribution in [2.24, 2.45) is 0 Å². The number of aryl methyl sites for hydroxylation is 1. The Labute approximate surface area is 91.6 Å². The summed E-state index contributed by atoms with van der Waals surface area (Å²) in [7, 11) is 0. The second kappa shape index (κ2) is 2.92. The molecule has 2 aromatic carbocycles. The summed E-state index contributed by atoms with van der Waals surface area (Å²) in [6.07, 6.45) is 0. The van der Waals surface area contributed by atoms with E-state index in [2.05, 4.69) is 4.74 Å². The zero-order chi connectivity index (χ0) is 11.3. The number of carbonyl (C=O) groups excluding carboxylic acids is 2. The Morgan fingerprint density at radius 3 is 2.19 bits per heavy atom. The summed E-state index contributed by atoms with van der Waals surface area (Å²) < 4.78 is 4.56. The lowest BCUT2D eigenvalue weighted by Crippen LogP contribution is -1.96. The second-order valence-corrected chi connectivity index (χ2v) is 3.93. The van der Waals surface area contributed by atoms with E-state index in [0.29, 0.717) is 11.1 Å². The van der Waals surface area contributed by atoms with Crippen LogP contribution in [-0.2, 0) is 4.74 Å². The molecule has 0 spiro atoms. The van der Waals surface area contributed by atoms with Crippen LogP contribution in [-0.4, -0.2) is 11.9 Å². The number of cyclic esters (lactones) is 2. The van der Waals surface area contributed by atoms with Crippen molar-refractivity contribution in [3.05, 3.63) is 47.0 Å². The molecular formula is C13H8O3. The smallest absolute Gasteiger partial charge is 0.346 e. The molecule has 0 amide bonds. The highest BCUT2D eigenvalue weighted by molar-refractivity contribution is 6.17. The van der Waals surface area contributed by atoms with Crippen molar-refractivity contribution in [3.8, 4) is 0 Å². The van der Waals surface area contributed by atoms with E-state index in [1.807, 2.05) is 25.1 Å². The molecule has 0 saturated carbocycles. The topological polar surface area (TPSA) is 43.4 Å². The molecule has 1 aliphatic heterocycles. The van der Waals surface area contributed by atoms with E-state index < -0.39 is 11.9 Å².